The lowest BCUT2D eigenvalue weighted by atomic mass is 9.92. The molecule has 4 nitrogen and oxygen atoms in total. The molecule has 0 radical (unpaired) electrons. The van der Waals surface area contributed by atoms with Crippen LogP contribution >= 0.6 is 0 Å². The first kappa shape index (κ1) is 18.5. The number of hydrogen-bond acceptors (Lipinski definition) is 4. The highest BCUT2D eigenvalue weighted by Gasteiger charge is 2.32. The third-order valence-electron chi connectivity index (χ3n) is 2.96. The van der Waals surface area contributed by atoms with E-state index in [0.717, 1.165) is 26.1 Å². The van der Waals surface area contributed by atoms with E-state index in [1.54, 1.807) is 7.11 Å². The minimum Gasteiger partial charge on any atom is -0.382 e. The quantitative estimate of drug-likeness (QED) is 0.703. The van der Waals surface area contributed by atoms with Crippen molar-refractivity contribution in [3.05, 3.63) is 0 Å². The van der Waals surface area contributed by atoms with Crippen LogP contribution in [0.4, 0.5) is 0 Å². The monoisotopic (exact) mass is 272 g/mol. The Morgan fingerprint density at radius 3 is 1.84 bits per heavy atom. The molecule has 0 aromatic rings. The van der Waals surface area contributed by atoms with Gasteiger partial charge in [-0.15, -0.1) is 0 Å². The molecule has 0 atom stereocenters. The number of nitrogens with zero attached hydrogens (tertiary/aromatic N) is 2. The SMILES string of the molecule is CCOCC.COC1(N=NC(C)(C)C)CCCCC1. The van der Waals surface area contributed by atoms with Gasteiger partial charge in [-0.05, 0) is 60.3 Å². The molecule has 1 aliphatic carbocycles. The van der Waals surface area contributed by atoms with E-state index in [-0.39, 0.29) is 11.3 Å². The topological polar surface area (TPSA) is 43.2 Å². The van der Waals surface area contributed by atoms with Crippen molar-refractivity contribution in [2.75, 3.05) is 20.3 Å². The van der Waals surface area contributed by atoms with Gasteiger partial charge in [-0.1, -0.05) is 6.42 Å². The smallest absolute Gasteiger partial charge is 0.178 e. The summed E-state index contributed by atoms with van der Waals surface area (Å²) < 4.78 is 10.3. The van der Waals surface area contributed by atoms with Gasteiger partial charge in [0.1, 0.15) is 0 Å². The third-order valence-corrected chi connectivity index (χ3v) is 2.96. The van der Waals surface area contributed by atoms with Crippen molar-refractivity contribution in [3.63, 3.8) is 0 Å². The summed E-state index contributed by atoms with van der Waals surface area (Å²) in [6, 6.07) is 0. The lowest BCUT2D eigenvalue weighted by Crippen LogP contribution is -2.31. The van der Waals surface area contributed by atoms with Crippen molar-refractivity contribution in [1.29, 1.82) is 0 Å². The molecule has 0 N–H and O–H groups in total. The summed E-state index contributed by atoms with van der Waals surface area (Å²) in [6.07, 6.45) is 5.75. The second-order valence-corrected chi connectivity index (χ2v) is 5.86. The standard InChI is InChI=1S/C11H22N2O.C4H10O/c1-10(2,3)12-13-11(14-4)8-6-5-7-9-11;1-3-5-4-2/h5-9H2,1-4H3;3-4H2,1-2H3. The Balaban J connectivity index is 0.000000555. The Labute approximate surface area is 119 Å². The summed E-state index contributed by atoms with van der Waals surface area (Å²) in [4.78, 5) is 0. The summed E-state index contributed by atoms with van der Waals surface area (Å²) in [5.74, 6) is 0. The highest BCUT2D eigenvalue weighted by molar-refractivity contribution is 4.81. The van der Waals surface area contributed by atoms with Gasteiger partial charge in [-0.25, -0.2) is 0 Å². The summed E-state index contributed by atoms with van der Waals surface area (Å²) >= 11 is 0. The second-order valence-electron chi connectivity index (χ2n) is 5.86. The molecular weight excluding hydrogens is 240 g/mol. The van der Waals surface area contributed by atoms with E-state index < -0.39 is 0 Å². The Hall–Kier alpha value is -0.480. The number of hydrogen-bond donors (Lipinski definition) is 0. The summed E-state index contributed by atoms with van der Waals surface area (Å²) in [6.45, 7) is 11.8. The Morgan fingerprint density at radius 2 is 1.53 bits per heavy atom. The van der Waals surface area contributed by atoms with Crippen molar-refractivity contribution in [1.82, 2.24) is 0 Å². The third kappa shape index (κ3) is 9.11. The molecule has 0 aromatic carbocycles. The highest BCUT2D eigenvalue weighted by Crippen LogP contribution is 2.33. The van der Waals surface area contributed by atoms with Crippen molar-refractivity contribution in [2.24, 2.45) is 10.2 Å². The van der Waals surface area contributed by atoms with E-state index in [1.807, 2.05) is 13.8 Å². The Kier molecular flexibility index (Phi) is 9.19. The molecule has 0 spiro atoms. The highest BCUT2D eigenvalue weighted by atomic mass is 16.5. The zero-order chi connectivity index (χ0) is 14.8. The van der Waals surface area contributed by atoms with E-state index in [9.17, 15) is 0 Å². The molecule has 0 bridgehead atoms. The fourth-order valence-corrected chi connectivity index (χ4v) is 1.89. The largest absolute Gasteiger partial charge is 0.382 e. The van der Waals surface area contributed by atoms with Crippen LogP contribution in [0.5, 0.6) is 0 Å². The molecule has 0 heterocycles. The van der Waals surface area contributed by atoms with Crippen LogP contribution in [0.2, 0.25) is 0 Å². The molecule has 1 aliphatic rings. The number of methoxy groups -OCH3 is 1. The maximum absolute atomic E-state index is 5.51. The second kappa shape index (κ2) is 9.43. The van der Waals surface area contributed by atoms with E-state index in [0.29, 0.717) is 0 Å². The molecule has 1 saturated carbocycles. The predicted molar refractivity (Wildman–Crippen MR) is 79.6 cm³/mol. The molecule has 1 fully saturated rings. The van der Waals surface area contributed by atoms with Gasteiger partial charge in [0.2, 0.25) is 0 Å². The minimum atomic E-state index is -0.314. The zero-order valence-electron chi connectivity index (χ0n) is 13.7. The first-order chi connectivity index (χ1) is 8.89. The molecule has 4 heteroatoms. The maximum atomic E-state index is 5.51. The van der Waals surface area contributed by atoms with Gasteiger partial charge in [0.25, 0.3) is 0 Å². The van der Waals surface area contributed by atoms with Gasteiger partial charge < -0.3 is 9.47 Å². The Bertz CT molecular complexity index is 239. The molecule has 0 amide bonds. The van der Waals surface area contributed by atoms with Gasteiger partial charge in [0, 0.05) is 20.3 Å². The van der Waals surface area contributed by atoms with Crippen molar-refractivity contribution in [2.45, 2.75) is 78.0 Å². The number of ether oxygens (including phenoxy) is 2. The first-order valence-corrected chi connectivity index (χ1v) is 7.46. The summed E-state index contributed by atoms with van der Waals surface area (Å²) in [7, 11) is 1.74. The molecule has 0 aromatic heterocycles. The van der Waals surface area contributed by atoms with Crippen LogP contribution in [0.15, 0.2) is 10.2 Å². The van der Waals surface area contributed by atoms with Gasteiger partial charge >= 0.3 is 0 Å². The maximum Gasteiger partial charge on any atom is 0.178 e. The van der Waals surface area contributed by atoms with Crippen LogP contribution in [0.1, 0.15) is 66.7 Å². The van der Waals surface area contributed by atoms with E-state index in [1.165, 1.54) is 19.3 Å². The van der Waals surface area contributed by atoms with Crippen LogP contribution < -0.4 is 0 Å². The van der Waals surface area contributed by atoms with Gasteiger partial charge in [0.15, 0.2) is 5.72 Å². The molecule has 0 saturated heterocycles. The first-order valence-electron chi connectivity index (χ1n) is 7.46. The molecule has 114 valence electrons. The normalized spacial score (nSPS) is 19.1. The summed E-state index contributed by atoms with van der Waals surface area (Å²) in [5.41, 5.74) is -0.408. The number of azo groups is 1. The van der Waals surface area contributed by atoms with E-state index in [2.05, 4.69) is 31.0 Å². The zero-order valence-corrected chi connectivity index (χ0v) is 13.7. The molecular formula is C15H32N2O2. The predicted octanol–water partition coefficient (Wildman–Crippen LogP) is 4.59. The fourth-order valence-electron chi connectivity index (χ4n) is 1.89. The fraction of sp³-hybridized carbons (Fsp3) is 1.00. The van der Waals surface area contributed by atoms with Crippen molar-refractivity contribution in [3.8, 4) is 0 Å². The van der Waals surface area contributed by atoms with Crippen LogP contribution in [0, 0.1) is 0 Å². The minimum absolute atomic E-state index is 0.0943. The average molecular weight is 272 g/mol. The molecule has 19 heavy (non-hydrogen) atoms. The van der Waals surface area contributed by atoms with Crippen molar-refractivity contribution >= 4 is 0 Å². The van der Waals surface area contributed by atoms with E-state index >= 15 is 0 Å². The lowest BCUT2D eigenvalue weighted by molar-refractivity contribution is -0.0392. The van der Waals surface area contributed by atoms with Crippen LogP contribution in [0.25, 0.3) is 0 Å². The Morgan fingerprint density at radius 1 is 1.00 bits per heavy atom. The molecule has 0 aliphatic heterocycles. The molecule has 0 unspecified atom stereocenters. The van der Waals surface area contributed by atoms with Gasteiger partial charge in [0.05, 0.1) is 5.54 Å². The van der Waals surface area contributed by atoms with Gasteiger partial charge in [-0.3, -0.25) is 0 Å². The van der Waals surface area contributed by atoms with Crippen molar-refractivity contribution < 1.29 is 9.47 Å². The van der Waals surface area contributed by atoms with E-state index in [4.69, 9.17) is 9.47 Å². The summed E-state index contributed by atoms with van der Waals surface area (Å²) in [5, 5.41) is 8.73. The van der Waals surface area contributed by atoms with Crippen LogP contribution in [0.3, 0.4) is 0 Å². The molecule has 1 rings (SSSR count). The van der Waals surface area contributed by atoms with Crippen LogP contribution in [-0.4, -0.2) is 31.6 Å². The van der Waals surface area contributed by atoms with Crippen LogP contribution in [-0.2, 0) is 9.47 Å². The van der Waals surface area contributed by atoms with Gasteiger partial charge in [-0.2, -0.15) is 10.2 Å². The lowest BCUT2D eigenvalue weighted by Gasteiger charge is -2.31. The number of rotatable bonds is 4. The average Bonchev–Trinajstić information content (AvgIpc) is 2.38.